The first-order valence-electron chi connectivity index (χ1n) is 16.7. The van der Waals surface area contributed by atoms with E-state index in [0.717, 1.165) is 38.8 Å². The molecule has 0 spiro atoms. The predicted molar refractivity (Wildman–Crippen MR) is 183 cm³/mol. The van der Waals surface area contributed by atoms with E-state index in [-0.39, 0.29) is 45.5 Å². The smallest absolute Gasteiger partial charge is 0.411 e. The molecule has 14 heteroatoms. The lowest BCUT2D eigenvalue weighted by atomic mass is 9.79. The number of likely N-dealkylation sites (tertiary alicyclic amines) is 2. The standard InChI is InChI=1S/C36H41N5O8S/c1-5-48-33-28(7-6-16-38-33)36(49-35(43)40-19-14-26(15-20-40)25-12-17-39(2)18-13-25)29-21-24(23-37)8-10-30(29)41(34(36)42)50(44,45)32-11-9-27(46-3)22-31(32)47-4/h6-11,16,21-22,25-26H,5,12-15,17-20H2,1-4H3. The fourth-order valence-electron chi connectivity index (χ4n) is 7.33. The normalized spacial score (nSPS) is 20.3. The fraction of sp³-hybridized carbons (Fsp3) is 0.444. The lowest BCUT2D eigenvalue weighted by molar-refractivity contribution is -0.132. The van der Waals surface area contributed by atoms with Crippen molar-refractivity contribution in [3.05, 3.63) is 71.4 Å². The van der Waals surface area contributed by atoms with Crippen molar-refractivity contribution in [2.45, 2.75) is 43.1 Å². The Morgan fingerprint density at radius 2 is 1.68 bits per heavy atom. The molecule has 13 nitrogen and oxygen atoms in total. The van der Waals surface area contributed by atoms with Crippen molar-refractivity contribution < 1.29 is 37.0 Å². The Morgan fingerprint density at radius 1 is 0.980 bits per heavy atom. The molecular formula is C36H41N5O8S. The molecule has 264 valence electrons. The van der Waals surface area contributed by atoms with Crippen LogP contribution in [0.15, 0.2) is 59.6 Å². The molecule has 3 aliphatic rings. The Morgan fingerprint density at radius 3 is 2.32 bits per heavy atom. The number of carbonyl (C=O) groups is 2. The van der Waals surface area contributed by atoms with Gasteiger partial charge in [0.15, 0.2) is 0 Å². The van der Waals surface area contributed by atoms with Gasteiger partial charge in [-0.1, -0.05) is 0 Å². The van der Waals surface area contributed by atoms with Gasteiger partial charge in [-0.15, -0.1) is 0 Å². The topological polar surface area (TPSA) is 152 Å². The summed E-state index contributed by atoms with van der Waals surface area (Å²) in [4.78, 5) is 37.3. The number of aromatic nitrogens is 1. The van der Waals surface area contributed by atoms with E-state index < -0.39 is 27.6 Å². The number of ether oxygens (including phenoxy) is 4. The van der Waals surface area contributed by atoms with Crippen LogP contribution in [-0.2, 0) is 25.2 Å². The van der Waals surface area contributed by atoms with Gasteiger partial charge in [-0.05, 0) is 107 Å². The number of amides is 2. The lowest BCUT2D eigenvalue weighted by Gasteiger charge is -2.40. The molecule has 0 aliphatic carbocycles. The van der Waals surface area contributed by atoms with Crippen LogP contribution in [0, 0.1) is 23.2 Å². The van der Waals surface area contributed by atoms with Crippen molar-refractivity contribution in [1.29, 1.82) is 5.26 Å². The molecule has 2 saturated heterocycles. The monoisotopic (exact) mass is 703 g/mol. The third-order valence-electron chi connectivity index (χ3n) is 10.00. The van der Waals surface area contributed by atoms with E-state index in [9.17, 15) is 18.5 Å². The molecular weight excluding hydrogens is 662 g/mol. The van der Waals surface area contributed by atoms with E-state index in [1.54, 1.807) is 17.9 Å². The van der Waals surface area contributed by atoms with Gasteiger partial charge in [-0.3, -0.25) is 4.79 Å². The highest BCUT2D eigenvalue weighted by Gasteiger charge is 2.61. The summed E-state index contributed by atoms with van der Waals surface area (Å²) in [6, 6.07) is 13.4. The van der Waals surface area contributed by atoms with Crippen LogP contribution in [-0.4, -0.2) is 89.3 Å². The predicted octanol–water partition coefficient (Wildman–Crippen LogP) is 4.54. The minimum atomic E-state index is -4.73. The molecule has 2 amide bonds. The molecule has 0 bridgehead atoms. The van der Waals surface area contributed by atoms with E-state index in [0.29, 0.717) is 35.0 Å². The van der Waals surface area contributed by atoms with Crippen molar-refractivity contribution >= 4 is 27.7 Å². The summed E-state index contributed by atoms with van der Waals surface area (Å²) in [5.74, 6) is 0.214. The third kappa shape index (κ3) is 6.09. The Bertz CT molecular complexity index is 1920. The van der Waals surface area contributed by atoms with Crippen molar-refractivity contribution in [2.75, 3.05) is 58.4 Å². The van der Waals surface area contributed by atoms with Crippen LogP contribution >= 0.6 is 0 Å². The molecule has 6 rings (SSSR count). The Labute approximate surface area is 292 Å². The van der Waals surface area contributed by atoms with Crippen molar-refractivity contribution in [3.63, 3.8) is 0 Å². The molecule has 2 fully saturated rings. The number of anilines is 1. The van der Waals surface area contributed by atoms with Crippen LogP contribution in [0.25, 0.3) is 0 Å². The zero-order chi connectivity index (χ0) is 35.6. The van der Waals surface area contributed by atoms with E-state index in [2.05, 4.69) is 23.0 Å². The van der Waals surface area contributed by atoms with Gasteiger partial charge >= 0.3 is 6.09 Å². The van der Waals surface area contributed by atoms with E-state index in [4.69, 9.17) is 18.9 Å². The summed E-state index contributed by atoms with van der Waals surface area (Å²) < 4.78 is 52.6. The van der Waals surface area contributed by atoms with Crippen molar-refractivity contribution in [1.82, 2.24) is 14.8 Å². The van der Waals surface area contributed by atoms with Crippen LogP contribution < -0.4 is 18.5 Å². The van der Waals surface area contributed by atoms with E-state index in [1.807, 2.05) is 0 Å². The quantitative estimate of drug-likeness (QED) is 0.309. The molecule has 0 saturated carbocycles. The number of methoxy groups -OCH3 is 2. The lowest BCUT2D eigenvalue weighted by Crippen LogP contribution is -2.50. The molecule has 0 radical (unpaired) electrons. The van der Waals surface area contributed by atoms with Gasteiger partial charge in [0.05, 0.1) is 43.7 Å². The van der Waals surface area contributed by atoms with Crippen LogP contribution in [0.1, 0.15) is 49.3 Å². The first-order chi connectivity index (χ1) is 24.1. The average molecular weight is 704 g/mol. The maximum absolute atomic E-state index is 15.1. The summed E-state index contributed by atoms with van der Waals surface area (Å²) in [5, 5.41) is 9.92. The van der Waals surface area contributed by atoms with Crippen LogP contribution in [0.3, 0.4) is 0 Å². The second-order valence-electron chi connectivity index (χ2n) is 12.7. The van der Waals surface area contributed by atoms with Crippen molar-refractivity contribution in [2.24, 2.45) is 11.8 Å². The van der Waals surface area contributed by atoms with Crippen molar-refractivity contribution in [3.8, 4) is 23.4 Å². The summed E-state index contributed by atoms with van der Waals surface area (Å²) in [5.41, 5.74) is -2.33. The second kappa shape index (κ2) is 14.2. The van der Waals surface area contributed by atoms with Gasteiger partial charge in [-0.25, -0.2) is 18.2 Å². The largest absolute Gasteiger partial charge is 0.497 e. The Hall–Kier alpha value is -4.87. The molecule has 4 heterocycles. The molecule has 2 aromatic carbocycles. The van der Waals surface area contributed by atoms with Gasteiger partial charge in [-0.2, -0.15) is 9.57 Å². The maximum atomic E-state index is 15.1. The first-order valence-corrected chi connectivity index (χ1v) is 18.1. The Kier molecular flexibility index (Phi) is 9.91. The first kappa shape index (κ1) is 35.0. The molecule has 50 heavy (non-hydrogen) atoms. The number of nitrogens with zero attached hydrogens (tertiary/aromatic N) is 5. The molecule has 3 aliphatic heterocycles. The van der Waals surface area contributed by atoms with E-state index >= 15 is 4.79 Å². The number of nitriles is 1. The number of rotatable bonds is 9. The number of pyridine rings is 1. The van der Waals surface area contributed by atoms with Crippen LogP contribution in [0.2, 0.25) is 0 Å². The Balaban J connectivity index is 1.45. The SMILES string of the molecule is CCOc1ncccc1C1(OC(=O)N2CCC(C3CCN(C)CC3)CC2)C(=O)N(S(=O)(=O)c2ccc(OC)cc2OC)c2ccc(C#N)cc21. The number of fused-ring (bicyclic) bond motifs is 1. The average Bonchev–Trinajstić information content (AvgIpc) is 3.39. The van der Waals surface area contributed by atoms with Crippen LogP contribution in [0.5, 0.6) is 17.4 Å². The fourth-order valence-corrected chi connectivity index (χ4v) is 8.93. The molecule has 3 aromatic rings. The van der Waals surface area contributed by atoms with Gasteiger partial charge in [0.25, 0.3) is 21.5 Å². The zero-order valence-electron chi connectivity index (χ0n) is 28.6. The maximum Gasteiger partial charge on any atom is 0.411 e. The zero-order valence-corrected chi connectivity index (χ0v) is 29.4. The molecule has 0 N–H and O–H groups in total. The number of hydrogen-bond donors (Lipinski definition) is 0. The van der Waals surface area contributed by atoms with E-state index in [1.165, 1.54) is 62.9 Å². The summed E-state index contributed by atoms with van der Waals surface area (Å²) >= 11 is 0. The highest BCUT2D eigenvalue weighted by molar-refractivity contribution is 7.93. The summed E-state index contributed by atoms with van der Waals surface area (Å²) in [6.07, 6.45) is 4.47. The second-order valence-corrected chi connectivity index (χ2v) is 14.5. The summed E-state index contributed by atoms with van der Waals surface area (Å²) in [6.45, 7) is 4.83. The number of piperidine rings is 2. The number of benzene rings is 2. The molecule has 1 atom stereocenters. The third-order valence-corrected chi connectivity index (χ3v) is 11.7. The summed E-state index contributed by atoms with van der Waals surface area (Å²) in [7, 11) is 0.139. The number of hydrogen-bond acceptors (Lipinski definition) is 11. The highest BCUT2D eigenvalue weighted by atomic mass is 32.2. The molecule has 1 aromatic heterocycles. The minimum absolute atomic E-state index is 0.0129. The van der Waals surface area contributed by atoms with Crippen LogP contribution in [0.4, 0.5) is 10.5 Å². The van der Waals surface area contributed by atoms with Gasteiger partial charge < -0.3 is 28.7 Å². The number of sulfonamides is 1. The molecule has 1 unspecified atom stereocenters. The highest BCUT2D eigenvalue weighted by Crippen LogP contribution is 2.52. The number of carbonyl (C=O) groups excluding carboxylic acids is 2. The minimum Gasteiger partial charge on any atom is -0.497 e. The van der Waals surface area contributed by atoms with Gasteiger partial charge in [0.1, 0.15) is 16.4 Å². The van der Waals surface area contributed by atoms with Gasteiger partial charge in [0.2, 0.25) is 5.88 Å². The van der Waals surface area contributed by atoms with Gasteiger partial charge in [0, 0.05) is 30.9 Å².